The molecule has 2 bridgehead atoms. The maximum atomic E-state index is 8.77. The predicted octanol–water partition coefficient (Wildman–Crippen LogP) is 38.3. The van der Waals surface area contributed by atoms with Gasteiger partial charge in [-0.3, -0.25) is 0 Å². The molecule has 0 saturated heterocycles. The SMILES string of the molecule is C/C=C/c1ccc(/C=C/C)cc1.CCCCCC12CC[C-](CC1)CC2.Cc1ccccc1.[CH2-]C(C)(P)C(C)C.[CH2-]C(C)(P)C(C)C#N.[CH2-]C(C)(P)C(C)C(C)C([CH2-])(C)P.[CH2-]C(C)(P)C(C)CC.[CH2-]C(C)(P)CC.[CH2-]C(CC)CC(C)(P)C(C)C.[CH2-]C(CC)CC(C)(P)C(C)C#N.[CH2-]C(CC)CC(C)(P)C(C)CC.[CH2-]C(CC)CC(C)(P)CC.[CH2-]OCCCC.[Y].[Y].[Y].[Y].[Y].[Y].[Y].[Y].[Y].[Y].[Y].[Y].[Y].[c-]1ccccc1. The van der Waals surface area contributed by atoms with Crippen LogP contribution in [-0.2, 0) is 430 Å². The average molecular weight is 3140 g/mol. The molecular weight excluding hydrogens is 2910 g/mol. The smallest absolute Gasteiger partial charge is 0.0662 e. The zero-order valence-electron chi connectivity index (χ0n) is 99.4. The summed E-state index contributed by atoms with van der Waals surface area (Å²) < 4.78 is 4.53. The Morgan fingerprint density at radius 1 is 0.399 bits per heavy atom. The largest absolute Gasteiger partial charge is 0.555 e. The van der Waals surface area contributed by atoms with Crippen LogP contribution in [0.1, 0.15) is 392 Å². The van der Waals surface area contributed by atoms with Crippen LogP contribution >= 0.6 is 92.4 Å². The second-order valence-corrected chi connectivity index (χ2v) is 55.4. The van der Waals surface area contributed by atoms with Crippen LogP contribution in [0.5, 0.6) is 0 Å². The number of fused-ring (bicyclic) bond motifs is 3. The van der Waals surface area contributed by atoms with Crippen LogP contribution in [0.15, 0.2) is 97.1 Å². The first kappa shape index (κ1) is 210. The molecule has 0 N–H and O–H groups in total. The van der Waals surface area contributed by atoms with Crippen LogP contribution in [0, 0.1) is 194 Å². The summed E-state index contributed by atoms with van der Waals surface area (Å²) >= 11 is 0. The van der Waals surface area contributed by atoms with E-state index < -0.39 is 0 Å². The normalized spacial score (nSPS) is 17.5. The number of hydrogen-bond acceptors (Lipinski definition) is 3. The summed E-state index contributed by atoms with van der Waals surface area (Å²) in [4.78, 5) is 0. The standard InChI is InChI=1S/C13H23.C12H14.C11H24P.C10H19NP.C10H22P2.C10H22P.C9H20P.C7H16P.C7H8.C6H11NP.C6H14P.C6H5.C5H11O.C5H12P.13Y/c1-2-3-4-8-13-9-5-12(6-10-13)7-11-13;1-3-5-11-7-9-12(6-4-2)10-8-11;1-6-9(3)8-11(5,12)10(4)7-2;1-5-8(2)6-10(4,12)9(3)7-11;1-7(9(3,4)11)8(2)10(5,6)12;1-6-9(4)7-10(5,11)8(2)3;1-5-8(3)7-9(4,10)6-2;1-5-6(2)7(3,4)8;1-7-5-3-2-4-6-7;1-5(4-7)6(2,3)8;1-5(2)6(3,4)7;1-2-4-6-5-3-1;1-3-4-5-6-2;1-4-5(2,3)6;;;;;;;;;;;;;/h2-11H2,1H3;3-10H,1-2H3;9-10H,3,6-8,12H2,1-2,4-5H3;8-9H,2,5-6,12H2,1,3-4H3;7-8H,3,5,11-12H2,1-2,4,6H3;8-9H,4,6-7,11H2,1-3,5H3;8H,3,5-7,10H2,1-2,4H3;6H,3,5,8H2,1-2,4H3;2-6H,1H3;5H,2,8H2,1,3H3;5H,3,7H2,1-2,4H3;1-5H;2-5H2,1H3;2,4,6H2,1,3H3;;;;;;;;;;;;;/q-1;;2*-1;-2;3*-1;;5*-1;;;;;;;;;;;;;/b;5-3+,6-4+;;;;;;;;;;;;;;;;;;;;;;;;;. The minimum atomic E-state index is -0.186. The number of benzene rings is 3. The molecular formula is C117H221N2OP10Y13-13. The van der Waals surface area contributed by atoms with Gasteiger partial charge >= 0.3 is 0 Å². The molecule has 3 saturated carbocycles. The van der Waals surface area contributed by atoms with Gasteiger partial charge in [0.15, 0.2) is 0 Å². The Hall–Kier alpha value is 14.7. The first-order chi connectivity index (χ1) is 59.3. The molecule has 0 amide bonds. The number of ether oxygens (including phenoxy) is 1. The molecule has 6 rings (SSSR count). The fourth-order valence-electron chi connectivity index (χ4n) is 11.7. The van der Waals surface area contributed by atoms with Gasteiger partial charge < -0.3 is 79.9 Å². The summed E-state index contributed by atoms with van der Waals surface area (Å²) in [6, 6.07) is 35.7. The summed E-state index contributed by atoms with van der Waals surface area (Å²) in [5, 5.41) is 18.8. The van der Waals surface area contributed by atoms with Gasteiger partial charge in [0.1, 0.15) is 0 Å². The van der Waals surface area contributed by atoms with Crippen LogP contribution < -0.4 is 0 Å². The number of rotatable bonds is 34. The van der Waals surface area contributed by atoms with Gasteiger partial charge in [0.25, 0.3) is 0 Å². The number of aryl methyl sites for hydroxylation is 1. The zero-order valence-corrected chi connectivity index (χ0v) is 148. The first-order valence-electron chi connectivity index (χ1n) is 50.0. The van der Waals surface area contributed by atoms with E-state index in [2.05, 4.69) is 434 Å². The molecule has 3 aromatic rings. The molecule has 3 aliphatic carbocycles. The molecule has 26 heteroatoms. The van der Waals surface area contributed by atoms with Crippen molar-refractivity contribution in [2.45, 2.75) is 434 Å². The molecule has 143 heavy (non-hydrogen) atoms. The fourth-order valence-corrected chi connectivity index (χ4v) is 14.2. The van der Waals surface area contributed by atoms with Crippen LogP contribution in [0.4, 0.5) is 0 Å². The van der Waals surface area contributed by atoms with E-state index in [0.717, 1.165) is 49.5 Å². The Labute approximate surface area is 1250 Å². The van der Waals surface area contributed by atoms with E-state index in [1.807, 2.05) is 101 Å². The molecule has 3 aromatic carbocycles. The number of nitrogens with zero attached hydrogens (tertiary/aromatic N) is 2. The molecule has 807 valence electrons. The second-order valence-electron chi connectivity index (χ2n) is 42.0. The Morgan fingerprint density at radius 3 is 0.895 bits per heavy atom. The van der Waals surface area contributed by atoms with Gasteiger partial charge in [-0.2, -0.15) is 145 Å². The van der Waals surface area contributed by atoms with Gasteiger partial charge in [0, 0.05) is 438 Å². The van der Waals surface area contributed by atoms with Crippen molar-refractivity contribution < 1.29 is 430 Å². The van der Waals surface area contributed by atoms with E-state index in [1.54, 1.807) is 0 Å². The van der Waals surface area contributed by atoms with Crippen LogP contribution in [0.25, 0.3) is 12.2 Å². The Kier molecular flexibility index (Phi) is 181. The van der Waals surface area contributed by atoms with E-state index in [1.165, 1.54) is 145 Å². The van der Waals surface area contributed by atoms with Crippen molar-refractivity contribution in [3.8, 4) is 12.1 Å². The minimum Gasteiger partial charge on any atom is -0.555 e. The maximum absolute atomic E-state index is 8.77. The van der Waals surface area contributed by atoms with Crippen molar-refractivity contribution in [1.29, 1.82) is 10.5 Å². The van der Waals surface area contributed by atoms with Gasteiger partial charge in [-0.05, 0) is 96.0 Å². The number of hydrogen-bond donors (Lipinski definition) is 0. The van der Waals surface area contributed by atoms with Crippen molar-refractivity contribution in [2.24, 2.45) is 76.4 Å². The summed E-state index contributed by atoms with van der Waals surface area (Å²) in [5.74, 6) is 8.23. The number of nitriles is 2. The molecule has 3 fully saturated rings. The van der Waals surface area contributed by atoms with Gasteiger partial charge in [-0.1, -0.05) is 424 Å². The van der Waals surface area contributed by atoms with Gasteiger partial charge in [-0.25, -0.2) is 7.11 Å². The van der Waals surface area contributed by atoms with Crippen LogP contribution in [0.3, 0.4) is 0 Å². The van der Waals surface area contributed by atoms with Crippen molar-refractivity contribution in [3.05, 3.63) is 202 Å². The molecule has 30 unspecified atom stereocenters. The summed E-state index contributed by atoms with van der Waals surface area (Å²) in [6.07, 6.45) is 39.7. The first-order valence-corrected chi connectivity index (χ1v) is 55.7. The molecule has 0 aliphatic heterocycles. The van der Waals surface area contributed by atoms with E-state index in [9.17, 15) is 0 Å². The van der Waals surface area contributed by atoms with Gasteiger partial charge in [0.2, 0.25) is 0 Å². The monoisotopic (exact) mass is 3140 g/mol. The maximum Gasteiger partial charge on any atom is 0.0662 e. The second kappa shape index (κ2) is 123. The van der Waals surface area contributed by atoms with Crippen molar-refractivity contribution in [3.63, 3.8) is 0 Å². The molecule has 30 atom stereocenters. The average Bonchev–Trinajstić information content (AvgIpc) is 0.802. The Morgan fingerprint density at radius 2 is 0.706 bits per heavy atom. The molecule has 0 spiro atoms. The third kappa shape index (κ3) is 137. The van der Waals surface area contributed by atoms with E-state index >= 15 is 0 Å². The van der Waals surface area contributed by atoms with Crippen molar-refractivity contribution >= 4 is 105 Å². The topological polar surface area (TPSA) is 56.8 Å². The molecule has 3 aliphatic rings. The predicted molar refractivity (Wildman–Crippen MR) is 641 cm³/mol. The number of unbranched alkanes of at least 4 members (excludes halogenated alkanes) is 3. The zero-order chi connectivity index (χ0) is 104. The van der Waals surface area contributed by atoms with E-state index in [-0.39, 0.29) is 473 Å². The van der Waals surface area contributed by atoms with Crippen molar-refractivity contribution in [1.82, 2.24) is 0 Å². The summed E-state index contributed by atoms with van der Waals surface area (Å²) in [6.45, 7) is 112. The Bertz CT molecular complexity index is 3070. The molecule has 0 aromatic heterocycles. The third-order valence-corrected chi connectivity index (χ3v) is 32.6. The summed E-state index contributed by atoms with van der Waals surface area (Å²) in [5.41, 5.74) is 4.65. The van der Waals surface area contributed by atoms with E-state index in [0.29, 0.717) is 62.8 Å². The number of allylic oxidation sites excluding steroid dienone is 2. The van der Waals surface area contributed by atoms with Crippen LogP contribution in [-0.4, -0.2) is 58.2 Å². The van der Waals surface area contributed by atoms with E-state index in [4.69, 9.17) is 10.5 Å². The quantitative estimate of drug-likeness (QED) is 0.0340. The molecule has 13 radical (unpaired) electrons. The Balaban J connectivity index is -0.0000000551. The minimum absolute atomic E-state index is 0. The summed E-state index contributed by atoms with van der Waals surface area (Å²) in [7, 11) is 31.2. The third-order valence-electron chi connectivity index (χ3n) is 26.4. The molecule has 3 nitrogen and oxygen atoms in total. The fraction of sp³-hybridized carbons (Fsp3) is 0.692. The van der Waals surface area contributed by atoms with Gasteiger partial charge in [0.05, 0.1) is 18.1 Å². The van der Waals surface area contributed by atoms with Gasteiger partial charge in [-0.15, -0.1) is 67.9 Å². The van der Waals surface area contributed by atoms with Crippen LogP contribution in [0.2, 0.25) is 0 Å². The molecule has 0 heterocycles. The van der Waals surface area contributed by atoms with Crippen molar-refractivity contribution in [2.75, 3.05) is 6.61 Å².